The van der Waals surface area contributed by atoms with E-state index in [-0.39, 0.29) is 29.6 Å². The van der Waals surface area contributed by atoms with Crippen LogP contribution in [0.5, 0.6) is 5.75 Å². The average molecular weight is 709 g/mol. The molecule has 2 aliphatic heterocycles. The second-order valence-corrected chi connectivity index (χ2v) is 14.6. The highest BCUT2D eigenvalue weighted by molar-refractivity contribution is 6.05. The maximum Gasteiger partial charge on any atom is 0.329 e. The van der Waals surface area contributed by atoms with E-state index in [1.807, 2.05) is 24.3 Å². The molecule has 3 aliphatic rings. The van der Waals surface area contributed by atoms with Gasteiger partial charge in [0.05, 0.1) is 35.4 Å². The molecule has 272 valence electrons. The summed E-state index contributed by atoms with van der Waals surface area (Å²) < 4.78 is 16.1. The lowest BCUT2D eigenvalue weighted by molar-refractivity contribution is -0.135. The third kappa shape index (κ3) is 6.29. The minimum atomic E-state index is -0.681. The lowest BCUT2D eigenvalue weighted by Gasteiger charge is -2.37. The van der Waals surface area contributed by atoms with Gasteiger partial charge in [0.1, 0.15) is 18.1 Å². The Labute approximate surface area is 300 Å². The molecule has 2 saturated heterocycles. The summed E-state index contributed by atoms with van der Waals surface area (Å²) in [5.74, 6) is 0.851. The minimum Gasteiger partial charge on any atom is -0.494 e. The highest BCUT2D eigenvalue weighted by Gasteiger charge is 2.33. The number of aryl methyl sites for hydroxylation is 2. The monoisotopic (exact) mass is 708 g/mol. The van der Waals surface area contributed by atoms with Crippen LogP contribution in [0.15, 0.2) is 52.0 Å². The Hall–Kier alpha value is -5.24. The molecule has 1 atom stereocenters. The molecular formula is C38H44N8O6. The van der Waals surface area contributed by atoms with Crippen molar-refractivity contribution >= 4 is 45.3 Å². The number of likely N-dealkylation sites (tertiary alicyclic amines) is 1. The molecule has 5 heterocycles. The predicted octanol–water partition coefficient (Wildman–Crippen LogP) is 4.84. The number of hydrogen-bond donors (Lipinski definition) is 2. The number of amides is 3. The highest BCUT2D eigenvalue weighted by atomic mass is 16.5. The Morgan fingerprint density at radius 2 is 1.85 bits per heavy atom. The number of hydrogen-bond acceptors (Lipinski definition) is 9. The molecule has 2 N–H and O–H groups in total. The number of piperidine rings is 2. The highest BCUT2D eigenvalue weighted by Crippen LogP contribution is 2.38. The van der Waals surface area contributed by atoms with Crippen molar-refractivity contribution in [1.29, 1.82) is 0 Å². The molecule has 8 rings (SSSR count). The number of rotatable bonds is 8. The van der Waals surface area contributed by atoms with Crippen LogP contribution in [0.25, 0.3) is 21.9 Å². The maximum absolute atomic E-state index is 13.4. The second kappa shape index (κ2) is 13.7. The van der Waals surface area contributed by atoms with Gasteiger partial charge in [-0.05, 0) is 87.6 Å². The van der Waals surface area contributed by atoms with Crippen molar-refractivity contribution in [3.8, 4) is 5.75 Å². The largest absolute Gasteiger partial charge is 0.494 e. The van der Waals surface area contributed by atoms with Gasteiger partial charge in [-0.2, -0.15) is 5.10 Å². The molecule has 0 bridgehead atoms. The quantitative estimate of drug-likeness (QED) is 0.215. The van der Waals surface area contributed by atoms with E-state index < -0.39 is 11.9 Å². The van der Waals surface area contributed by atoms with E-state index in [0.717, 1.165) is 85.7 Å². The Kier molecular flexibility index (Phi) is 8.94. The number of oxazole rings is 1. The molecule has 3 amide bonds. The zero-order valence-electron chi connectivity index (χ0n) is 29.8. The van der Waals surface area contributed by atoms with Crippen molar-refractivity contribution in [2.45, 2.75) is 76.3 Å². The molecule has 14 heteroatoms. The van der Waals surface area contributed by atoms with Crippen LogP contribution >= 0.6 is 0 Å². The molecule has 3 fully saturated rings. The number of imidazole rings is 1. The molecule has 5 aromatic rings. The number of methoxy groups -OCH3 is 1. The molecule has 1 saturated carbocycles. The number of ether oxygens (including phenoxy) is 1. The number of benzene rings is 2. The van der Waals surface area contributed by atoms with E-state index in [1.165, 1.54) is 6.26 Å². The SMILES string of the molecule is COc1cc2nn(C3CCC(CN4CCC(c5cccc6c5n(C)c(=O)n6[C@H]5CCC(=O)NC5=O)CC4)CC3)cc2cc1NC(=O)c1coc(C)n1. The topological polar surface area (TPSA) is 159 Å². The summed E-state index contributed by atoms with van der Waals surface area (Å²) in [7, 11) is 3.36. The first kappa shape index (κ1) is 33.9. The van der Waals surface area contributed by atoms with Crippen LogP contribution < -0.4 is 21.1 Å². The van der Waals surface area contributed by atoms with Gasteiger partial charge in [-0.3, -0.25) is 33.5 Å². The summed E-state index contributed by atoms with van der Waals surface area (Å²) in [5.41, 5.74) is 4.17. The molecule has 1 aliphatic carbocycles. The van der Waals surface area contributed by atoms with Gasteiger partial charge in [0, 0.05) is 44.6 Å². The predicted molar refractivity (Wildman–Crippen MR) is 193 cm³/mol. The van der Waals surface area contributed by atoms with Crippen molar-refractivity contribution in [3.05, 3.63) is 70.4 Å². The fraction of sp³-hybridized carbons (Fsp3) is 0.474. The van der Waals surface area contributed by atoms with E-state index >= 15 is 0 Å². The van der Waals surface area contributed by atoms with Crippen LogP contribution in [-0.2, 0) is 16.6 Å². The summed E-state index contributed by atoms with van der Waals surface area (Å²) in [5, 5.41) is 11.1. The van der Waals surface area contributed by atoms with Gasteiger partial charge in [-0.25, -0.2) is 9.78 Å². The number of nitrogens with one attached hydrogen (secondary N) is 2. The van der Waals surface area contributed by atoms with Crippen LogP contribution in [0.1, 0.15) is 91.3 Å². The van der Waals surface area contributed by atoms with E-state index in [1.54, 1.807) is 30.2 Å². The van der Waals surface area contributed by atoms with Crippen molar-refractivity contribution < 1.29 is 23.5 Å². The zero-order chi connectivity index (χ0) is 36.1. The molecule has 3 aromatic heterocycles. The fourth-order valence-corrected chi connectivity index (χ4v) is 8.59. The lowest BCUT2D eigenvalue weighted by Crippen LogP contribution is -2.44. The van der Waals surface area contributed by atoms with Crippen molar-refractivity contribution in [2.75, 3.05) is 32.1 Å². The molecule has 14 nitrogen and oxygen atoms in total. The number of carbonyl (C=O) groups excluding carboxylic acids is 3. The van der Waals surface area contributed by atoms with Crippen molar-refractivity contribution in [1.82, 2.24) is 34.1 Å². The van der Waals surface area contributed by atoms with E-state index in [4.69, 9.17) is 14.3 Å². The standard InChI is InChI=1S/C38H44N8O6/c1-22-39-30(21-52-22)36(48)40-29-17-25-20-45(42-28(25)18-33(29)51-3)26-9-7-23(8-10-26)19-44-15-13-24(14-16-44)27-5-4-6-31-35(27)43(2)38(50)46(31)32-11-12-34(47)41-37(32)49/h4-6,17-18,20-21,23-24,26,32H,7-16,19H2,1-3H3,(H,40,48)(H,41,47,49)/t23?,26?,32-/m0/s1. The van der Waals surface area contributed by atoms with E-state index in [0.29, 0.717) is 41.6 Å². The van der Waals surface area contributed by atoms with Gasteiger partial charge in [0.2, 0.25) is 11.8 Å². The molecule has 0 spiro atoms. The second-order valence-electron chi connectivity index (χ2n) is 14.6. The summed E-state index contributed by atoms with van der Waals surface area (Å²) >= 11 is 0. The number of carbonyl (C=O) groups is 3. The molecule has 0 unspecified atom stereocenters. The Balaban J connectivity index is 0.880. The van der Waals surface area contributed by atoms with E-state index in [2.05, 4.69) is 37.5 Å². The summed E-state index contributed by atoms with van der Waals surface area (Å²) in [6, 6.07) is 9.42. The number of nitrogens with zero attached hydrogens (tertiary/aromatic N) is 6. The van der Waals surface area contributed by atoms with Gasteiger partial charge >= 0.3 is 5.69 Å². The maximum atomic E-state index is 13.4. The Bertz CT molecular complexity index is 2230. The van der Waals surface area contributed by atoms with Crippen molar-refractivity contribution in [3.63, 3.8) is 0 Å². The minimum absolute atomic E-state index is 0.210. The zero-order valence-corrected chi connectivity index (χ0v) is 29.8. The van der Waals surface area contributed by atoms with Crippen molar-refractivity contribution in [2.24, 2.45) is 13.0 Å². The van der Waals surface area contributed by atoms with Crippen LogP contribution in [0.3, 0.4) is 0 Å². The molecule has 52 heavy (non-hydrogen) atoms. The average Bonchev–Trinajstić information content (AvgIpc) is 3.84. The lowest BCUT2D eigenvalue weighted by atomic mass is 9.84. The van der Waals surface area contributed by atoms with Crippen LogP contribution in [0.2, 0.25) is 0 Å². The van der Waals surface area contributed by atoms with Gasteiger partial charge in [0.25, 0.3) is 5.91 Å². The number of anilines is 1. The number of imide groups is 1. The van der Waals surface area contributed by atoms with Gasteiger partial charge < -0.3 is 19.4 Å². The van der Waals surface area contributed by atoms with Crippen LogP contribution in [-0.4, -0.2) is 73.3 Å². The number of aromatic nitrogens is 5. The summed E-state index contributed by atoms with van der Waals surface area (Å²) in [4.78, 5) is 57.3. The summed E-state index contributed by atoms with van der Waals surface area (Å²) in [6.45, 7) is 4.78. The molecule has 2 aromatic carbocycles. The third-order valence-electron chi connectivity index (χ3n) is 11.3. The first-order valence-corrected chi connectivity index (χ1v) is 18.2. The van der Waals surface area contributed by atoms with Gasteiger partial charge in [-0.15, -0.1) is 0 Å². The summed E-state index contributed by atoms with van der Waals surface area (Å²) in [6.07, 6.45) is 10.4. The number of para-hydroxylation sites is 1. The van der Waals surface area contributed by atoms with Gasteiger partial charge in [0.15, 0.2) is 11.6 Å². The van der Waals surface area contributed by atoms with E-state index in [9.17, 15) is 19.2 Å². The fourth-order valence-electron chi connectivity index (χ4n) is 8.59. The molecular weight excluding hydrogens is 664 g/mol. The van der Waals surface area contributed by atoms with Crippen LogP contribution in [0, 0.1) is 12.8 Å². The Morgan fingerprint density at radius 3 is 2.56 bits per heavy atom. The first-order chi connectivity index (χ1) is 25.2. The third-order valence-corrected chi connectivity index (χ3v) is 11.3. The van der Waals surface area contributed by atoms with Crippen LogP contribution in [0.4, 0.5) is 5.69 Å². The molecule has 0 radical (unpaired) electrons. The van der Waals surface area contributed by atoms with Gasteiger partial charge in [-0.1, -0.05) is 12.1 Å². The smallest absolute Gasteiger partial charge is 0.329 e. The normalized spacial score (nSPS) is 21.9. The first-order valence-electron chi connectivity index (χ1n) is 18.2. The Morgan fingerprint density at radius 1 is 1.06 bits per heavy atom. The number of fused-ring (bicyclic) bond motifs is 2.